The SMILES string of the molecule is CS(=O)(=O)NCC1CCCCN1C(=O)NCc1cccnc1. The van der Waals surface area contributed by atoms with Crippen molar-refractivity contribution >= 4 is 16.1 Å². The van der Waals surface area contributed by atoms with Crippen LogP contribution in [0.2, 0.25) is 0 Å². The fraction of sp³-hybridized carbons (Fsp3) is 0.571. The van der Waals surface area contributed by atoms with Crippen LogP contribution in [0.5, 0.6) is 0 Å². The third-order valence-corrected chi connectivity index (χ3v) is 4.33. The van der Waals surface area contributed by atoms with Crippen LogP contribution in [0.4, 0.5) is 4.79 Å². The average Bonchev–Trinajstić information content (AvgIpc) is 2.51. The normalized spacial score (nSPS) is 19.0. The zero-order chi connectivity index (χ0) is 16.0. The second-order valence-electron chi connectivity index (χ2n) is 5.48. The van der Waals surface area contributed by atoms with Crippen LogP contribution in [0.15, 0.2) is 24.5 Å². The summed E-state index contributed by atoms with van der Waals surface area (Å²) < 4.78 is 24.9. The lowest BCUT2D eigenvalue weighted by Gasteiger charge is -2.35. The number of pyridine rings is 1. The first-order valence-electron chi connectivity index (χ1n) is 7.34. The van der Waals surface area contributed by atoms with E-state index in [-0.39, 0.29) is 18.6 Å². The molecular weight excluding hydrogens is 304 g/mol. The van der Waals surface area contributed by atoms with Crippen molar-refractivity contribution in [2.75, 3.05) is 19.3 Å². The molecule has 2 rings (SSSR count). The Morgan fingerprint density at radius 1 is 1.45 bits per heavy atom. The molecule has 1 fully saturated rings. The van der Waals surface area contributed by atoms with Crippen LogP contribution in [-0.4, -0.2) is 49.7 Å². The van der Waals surface area contributed by atoms with Gasteiger partial charge in [-0.25, -0.2) is 17.9 Å². The van der Waals surface area contributed by atoms with E-state index in [1.807, 2.05) is 12.1 Å². The van der Waals surface area contributed by atoms with E-state index in [1.165, 1.54) is 0 Å². The quantitative estimate of drug-likeness (QED) is 0.833. The number of piperidine rings is 1. The Morgan fingerprint density at radius 3 is 2.95 bits per heavy atom. The van der Waals surface area contributed by atoms with Crippen LogP contribution < -0.4 is 10.0 Å². The number of carbonyl (C=O) groups excluding carboxylic acids is 1. The summed E-state index contributed by atoms with van der Waals surface area (Å²) in [6.45, 7) is 1.32. The summed E-state index contributed by atoms with van der Waals surface area (Å²) in [6.07, 6.45) is 7.27. The second-order valence-corrected chi connectivity index (χ2v) is 7.32. The first kappa shape index (κ1) is 16.7. The molecule has 1 unspecified atom stereocenters. The maximum Gasteiger partial charge on any atom is 0.317 e. The monoisotopic (exact) mass is 326 g/mol. The highest BCUT2D eigenvalue weighted by molar-refractivity contribution is 7.88. The van der Waals surface area contributed by atoms with Crippen molar-refractivity contribution in [3.8, 4) is 0 Å². The highest BCUT2D eigenvalue weighted by Crippen LogP contribution is 2.16. The summed E-state index contributed by atoms with van der Waals surface area (Å²) >= 11 is 0. The molecule has 2 heterocycles. The zero-order valence-electron chi connectivity index (χ0n) is 12.7. The van der Waals surface area contributed by atoms with E-state index in [1.54, 1.807) is 17.3 Å². The van der Waals surface area contributed by atoms with E-state index in [0.717, 1.165) is 31.1 Å². The van der Waals surface area contributed by atoms with Crippen molar-refractivity contribution in [1.82, 2.24) is 19.9 Å². The lowest BCUT2D eigenvalue weighted by atomic mass is 10.0. The number of urea groups is 1. The van der Waals surface area contributed by atoms with Crippen molar-refractivity contribution in [1.29, 1.82) is 0 Å². The van der Waals surface area contributed by atoms with E-state index in [2.05, 4.69) is 15.0 Å². The van der Waals surface area contributed by atoms with E-state index in [4.69, 9.17) is 0 Å². The molecular formula is C14H22N4O3S. The number of aromatic nitrogens is 1. The first-order valence-corrected chi connectivity index (χ1v) is 9.23. The van der Waals surface area contributed by atoms with Gasteiger partial charge in [0.15, 0.2) is 0 Å². The molecule has 0 spiro atoms. The third-order valence-electron chi connectivity index (χ3n) is 3.64. The predicted molar refractivity (Wildman–Crippen MR) is 83.7 cm³/mol. The van der Waals surface area contributed by atoms with Gasteiger partial charge in [-0.15, -0.1) is 0 Å². The predicted octanol–water partition coefficient (Wildman–Crippen LogP) is 0.695. The van der Waals surface area contributed by atoms with Crippen LogP contribution in [0.1, 0.15) is 24.8 Å². The van der Waals surface area contributed by atoms with Gasteiger partial charge in [0.05, 0.1) is 6.26 Å². The Bertz CT molecular complexity index is 591. The largest absolute Gasteiger partial charge is 0.334 e. The minimum atomic E-state index is -3.24. The van der Waals surface area contributed by atoms with Crippen LogP contribution in [0.25, 0.3) is 0 Å². The standard InChI is InChI=1S/C14H22N4O3S/c1-22(20,21)17-11-13-6-2-3-8-18(13)14(19)16-10-12-5-4-7-15-9-12/h4-5,7,9,13,17H,2-3,6,8,10-11H2,1H3,(H,16,19). The topological polar surface area (TPSA) is 91.4 Å². The summed E-state index contributed by atoms with van der Waals surface area (Å²) in [6, 6.07) is 3.45. The van der Waals surface area contributed by atoms with Gasteiger partial charge >= 0.3 is 6.03 Å². The minimum absolute atomic E-state index is 0.0997. The molecule has 2 amide bonds. The summed E-state index contributed by atoms with van der Waals surface area (Å²) in [7, 11) is -3.24. The number of amides is 2. The van der Waals surface area contributed by atoms with Crippen molar-refractivity contribution in [2.24, 2.45) is 0 Å². The smallest absolute Gasteiger partial charge is 0.317 e. The molecule has 22 heavy (non-hydrogen) atoms. The molecule has 0 saturated carbocycles. The van der Waals surface area contributed by atoms with Crippen LogP contribution in [-0.2, 0) is 16.6 Å². The number of carbonyl (C=O) groups is 1. The van der Waals surface area contributed by atoms with E-state index in [0.29, 0.717) is 13.1 Å². The number of sulfonamides is 1. The maximum absolute atomic E-state index is 12.3. The number of likely N-dealkylation sites (tertiary alicyclic amines) is 1. The van der Waals surface area contributed by atoms with Crippen LogP contribution >= 0.6 is 0 Å². The van der Waals surface area contributed by atoms with Gasteiger partial charge in [-0.05, 0) is 30.9 Å². The molecule has 122 valence electrons. The van der Waals surface area contributed by atoms with Gasteiger partial charge in [0, 0.05) is 38.1 Å². The average molecular weight is 326 g/mol. The lowest BCUT2D eigenvalue weighted by molar-refractivity contribution is 0.152. The van der Waals surface area contributed by atoms with Gasteiger partial charge in [0.2, 0.25) is 10.0 Å². The zero-order valence-corrected chi connectivity index (χ0v) is 13.5. The Balaban J connectivity index is 1.90. The fourth-order valence-corrected chi connectivity index (χ4v) is 3.00. The van der Waals surface area contributed by atoms with E-state index >= 15 is 0 Å². The molecule has 1 aliphatic rings. The maximum atomic E-state index is 12.3. The number of hydrogen-bond acceptors (Lipinski definition) is 4. The molecule has 1 aromatic heterocycles. The number of nitrogens with one attached hydrogen (secondary N) is 2. The Labute approximate surface area is 131 Å². The molecule has 1 aromatic rings. The highest BCUT2D eigenvalue weighted by Gasteiger charge is 2.27. The first-order chi connectivity index (χ1) is 10.5. The van der Waals surface area contributed by atoms with Crippen molar-refractivity contribution in [3.63, 3.8) is 0 Å². The van der Waals surface area contributed by atoms with Gasteiger partial charge in [-0.3, -0.25) is 4.98 Å². The number of nitrogens with zero attached hydrogens (tertiary/aromatic N) is 2. The van der Waals surface area contributed by atoms with Gasteiger partial charge in [0.25, 0.3) is 0 Å². The molecule has 8 heteroatoms. The third kappa shape index (κ3) is 5.27. The molecule has 1 atom stereocenters. The summed E-state index contributed by atoms with van der Waals surface area (Å²) in [4.78, 5) is 18.0. The summed E-state index contributed by atoms with van der Waals surface area (Å²) in [5.41, 5.74) is 0.929. The Hall–Kier alpha value is -1.67. The van der Waals surface area contributed by atoms with Gasteiger partial charge in [0.1, 0.15) is 0 Å². The summed E-state index contributed by atoms with van der Waals surface area (Å²) in [5, 5.41) is 2.87. The molecule has 2 N–H and O–H groups in total. The number of hydrogen-bond donors (Lipinski definition) is 2. The van der Waals surface area contributed by atoms with Crippen molar-refractivity contribution in [2.45, 2.75) is 31.8 Å². The molecule has 0 bridgehead atoms. The molecule has 0 aliphatic carbocycles. The van der Waals surface area contributed by atoms with Crippen molar-refractivity contribution in [3.05, 3.63) is 30.1 Å². The summed E-state index contributed by atoms with van der Waals surface area (Å²) in [5.74, 6) is 0. The van der Waals surface area contributed by atoms with Gasteiger partial charge in [-0.2, -0.15) is 0 Å². The van der Waals surface area contributed by atoms with Crippen LogP contribution in [0.3, 0.4) is 0 Å². The van der Waals surface area contributed by atoms with E-state index in [9.17, 15) is 13.2 Å². The second kappa shape index (κ2) is 7.55. The highest BCUT2D eigenvalue weighted by atomic mass is 32.2. The lowest BCUT2D eigenvalue weighted by Crippen LogP contribution is -2.52. The van der Waals surface area contributed by atoms with Crippen LogP contribution in [0, 0.1) is 0 Å². The van der Waals surface area contributed by atoms with Gasteiger partial charge in [-0.1, -0.05) is 6.07 Å². The minimum Gasteiger partial charge on any atom is -0.334 e. The van der Waals surface area contributed by atoms with Gasteiger partial charge < -0.3 is 10.2 Å². The Morgan fingerprint density at radius 2 is 2.27 bits per heavy atom. The van der Waals surface area contributed by atoms with E-state index < -0.39 is 10.0 Å². The molecule has 0 radical (unpaired) electrons. The molecule has 0 aromatic carbocycles. The molecule has 1 saturated heterocycles. The Kier molecular flexibility index (Phi) is 5.73. The van der Waals surface area contributed by atoms with Crippen molar-refractivity contribution < 1.29 is 13.2 Å². The molecule has 7 nitrogen and oxygen atoms in total. The fourth-order valence-electron chi connectivity index (χ4n) is 2.51. The molecule has 1 aliphatic heterocycles. The number of rotatable bonds is 5.